The summed E-state index contributed by atoms with van der Waals surface area (Å²) in [6.07, 6.45) is 1.02. The van der Waals surface area contributed by atoms with E-state index in [1.54, 1.807) is 29.2 Å². The average Bonchev–Trinajstić information content (AvgIpc) is 2.74. The number of hydrogen-bond acceptors (Lipinski definition) is 6. The van der Waals surface area contributed by atoms with E-state index in [0.29, 0.717) is 37.4 Å². The van der Waals surface area contributed by atoms with Crippen molar-refractivity contribution in [2.75, 3.05) is 38.0 Å². The van der Waals surface area contributed by atoms with Gasteiger partial charge in [0.05, 0.1) is 12.8 Å². The Kier molecular flexibility index (Phi) is 6.62. The minimum absolute atomic E-state index is 0.223. The molecule has 1 unspecified atom stereocenters. The van der Waals surface area contributed by atoms with E-state index >= 15 is 0 Å². The number of nitrogens with zero attached hydrogens (tertiary/aromatic N) is 3. The summed E-state index contributed by atoms with van der Waals surface area (Å²) in [5.41, 5.74) is 0.674. The first-order chi connectivity index (χ1) is 14.0. The fourth-order valence-corrected chi connectivity index (χ4v) is 3.20. The third-order valence-corrected chi connectivity index (χ3v) is 4.69. The molecule has 0 aliphatic carbocycles. The van der Waals surface area contributed by atoms with Crippen LogP contribution in [0.3, 0.4) is 0 Å². The number of ether oxygens (including phenoxy) is 2. The van der Waals surface area contributed by atoms with Crippen LogP contribution in [0.2, 0.25) is 0 Å². The summed E-state index contributed by atoms with van der Waals surface area (Å²) in [6.45, 7) is 1.35. The van der Waals surface area contributed by atoms with Crippen LogP contribution in [-0.4, -0.2) is 68.8 Å². The van der Waals surface area contributed by atoms with Crippen LogP contribution in [0.5, 0.6) is 11.6 Å². The monoisotopic (exact) mass is 420 g/mol. The van der Waals surface area contributed by atoms with Gasteiger partial charge in [-0.15, -0.1) is 0 Å². The third-order valence-electron chi connectivity index (χ3n) is 4.30. The van der Waals surface area contributed by atoms with Gasteiger partial charge in [0, 0.05) is 44.0 Å². The smallest absolute Gasteiger partial charge is 0.416 e. The Morgan fingerprint density at radius 1 is 1.14 bits per heavy atom. The number of anilines is 1. The normalized spacial score (nSPS) is 14.8. The highest BCUT2D eigenvalue weighted by Crippen LogP contribution is 2.26. The lowest BCUT2D eigenvalue weighted by molar-refractivity contribution is 0.0631. The standard InChI is InChI=1S/C18H20N4O6S/c1-27-15-12-13(5-6-14(15)20-29(25)26)17(23)21-8-10-22(11-9-21)18(24)28-16-4-2-3-7-19-16/h2-7,12,20H,8-11H2,1H3,(H,25,26). The minimum atomic E-state index is -2.25. The van der Waals surface area contributed by atoms with Crippen molar-refractivity contribution in [1.82, 2.24) is 14.8 Å². The molecule has 1 aliphatic rings. The first-order valence-corrected chi connectivity index (χ1v) is 9.81. The Labute approximate surface area is 169 Å². The molecule has 11 heteroatoms. The summed E-state index contributed by atoms with van der Waals surface area (Å²) in [4.78, 5) is 32.1. The molecule has 2 heterocycles. The van der Waals surface area contributed by atoms with Gasteiger partial charge in [-0.2, -0.15) is 0 Å². The van der Waals surface area contributed by atoms with Gasteiger partial charge in [0.15, 0.2) is 0 Å². The molecule has 1 aromatic heterocycles. The number of methoxy groups -OCH3 is 1. The molecular formula is C18H20N4O6S. The molecule has 0 bridgehead atoms. The molecule has 1 fully saturated rings. The van der Waals surface area contributed by atoms with Crippen molar-refractivity contribution in [2.45, 2.75) is 0 Å². The van der Waals surface area contributed by atoms with E-state index in [-0.39, 0.29) is 17.5 Å². The maximum atomic E-state index is 12.8. The van der Waals surface area contributed by atoms with Crippen molar-refractivity contribution in [3.63, 3.8) is 0 Å². The van der Waals surface area contributed by atoms with Gasteiger partial charge in [-0.05, 0) is 24.3 Å². The van der Waals surface area contributed by atoms with Crippen LogP contribution in [-0.2, 0) is 11.3 Å². The molecule has 29 heavy (non-hydrogen) atoms. The van der Waals surface area contributed by atoms with E-state index in [4.69, 9.17) is 14.0 Å². The molecule has 2 N–H and O–H groups in total. The van der Waals surface area contributed by atoms with Crippen molar-refractivity contribution in [3.05, 3.63) is 48.2 Å². The average molecular weight is 420 g/mol. The number of hydrogen-bond donors (Lipinski definition) is 2. The van der Waals surface area contributed by atoms with Crippen LogP contribution >= 0.6 is 0 Å². The summed E-state index contributed by atoms with van der Waals surface area (Å²) in [5.74, 6) is 0.272. The second-order valence-electron chi connectivity index (χ2n) is 6.08. The van der Waals surface area contributed by atoms with Gasteiger partial charge >= 0.3 is 6.09 Å². The fraction of sp³-hybridized carbons (Fsp3) is 0.278. The van der Waals surface area contributed by atoms with Crippen LogP contribution < -0.4 is 14.2 Å². The summed E-state index contributed by atoms with van der Waals surface area (Å²) in [6, 6.07) is 9.58. The Hall–Kier alpha value is -3.18. The van der Waals surface area contributed by atoms with Gasteiger partial charge in [-0.1, -0.05) is 6.07 Å². The Morgan fingerprint density at radius 2 is 1.86 bits per heavy atom. The zero-order valence-electron chi connectivity index (χ0n) is 15.6. The first-order valence-electron chi connectivity index (χ1n) is 8.70. The van der Waals surface area contributed by atoms with Crippen LogP contribution in [0.15, 0.2) is 42.6 Å². The lowest BCUT2D eigenvalue weighted by Crippen LogP contribution is -2.51. The lowest BCUT2D eigenvalue weighted by atomic mass is 10.1. The van der Waals surface area contributed by atoms with E-state index in [0.717, 1.165) is 0 Å². The fourth-order valence-electron chi connectivity index (χ4n) is 2.84. The number of piperazine rings is 1. The zero-order chi connectivity index (χ0) is 20.8. The molecule has 0 spiro atoms. The lowest BCUT2D eigenvalue weighted by Gasteiger charge is -2.34. The largest absolute Gasteiger partial charge is 0.495 e. The van der Waals surface area contributed by atoms with Crippen molar-refractivity contribution < 1.29 is 27.8 Å². The molecule has 1 aromatic carbocycles. The Bertz CT molecular complexity index is 902. The summed E-state index contributed by atoms with van der Waals surface area (Å²) in [5, 5.41) is 0. The van der Waals surface area contributed by atoms with Gasteiger partial charge in [-0.3, -0.25) is 14.1 Å². The molecule has 3 rings (SSSR count). The molecule has 0 radical (unpaired) electrons. The Morgan fingerprint density at radius 3 is 2.48 bits per heavy atom. The number of pyridine rings is 1. The zero-order valence-corrected chi connectivity index (χ0v) is 16.4. The molecule has 154 valence electrons. The minimum Gasteiger partial charge on any atom is -0.495 e. The number of rotatable bonds is 5. The van der Waals surface area contributed by atoms with Gasteiger partial charge in [0.25, 0.3) is 17.2 Å². The van der Waals surface area contributed by atoms with Crippen molar-refractivity contribution in [3.8, 4) is 11.6 Å². The second-order valence-corrected chi connectivity index (χ2v) is 6.78. The second kappa shape index (κ2) is 9.34. The molecule has 0 saturated carbocycles. The number of carbonyl (C=O) groups excluding carboxylic acids is 2. The predicted molar refractivity (Wildman–Crippen MR) is 105 cm³/mol. The first kappa shape index (κ1) is 20.6. The van der Waals surface area contributed by atoms with Crippen molar-refractivity contribution in [2.24, 2.45) is 0 Å². The quantitative estimate of drug-likeness (QED) is 0.705. The van der Waals surface area contributed by atoms with Crippen LogP contribution in [0.4, 0.5) is 10.5 Å². The van der Waals surface area contributed by atoms with Crippen LogP contribution in [0, 0.1) is 0 Å². The number of nitrogens with one attached hydrogen (secondary N) is 1. The summed E-state index contributed by atoms with van der Waals surface area (Å²) in [7, 11) is 1.40. The third kappa shape index (κ3) is 5.21. The van der Waals surface area contributed by atoms with E-state index in [1.807, 2.05) is 0 Å². The molecule has 2 aromatic rings. The predicted octanol–water partition coefficient (Wildman–Crippen LogP) is 1.60. The van der Waals surface area contributed by atoms with Gasteiger partial charge in [-0.25, -0.2) is 14.0 Å². The highest BCUT2D eigenvalue weighted by atomic mass is 32.2. The van der Waals surface area contributed by atoms with Gasteiger partial charge in [0.1, 0.15) is 5.75 Å². The molecule has 2 amide bonds. The SMILES string of the molecule is COc1cc(C(=O)N2CCN(C(=O)Oc3ccccn3)CC2)ccc1NS(=O)O. The molecule has 10 nitrogen and oxygen atoms in total. The van der Waals surface area contributed by atoms with Gasteiger partial charge < -0.3 is 19.3 Å². The van der Waals surface area contributed by atoms with Crippen molar-refractivity contribution >= 4 is 29.0 Å². The molecule has 1 saturated heterocycles. The number of carbonyl (C=O) groups is 2. The van der Waals surface area contributed by atoms with E-state index < -0.39 is 17.4 Å². The molecular weight excluding hydrogens is 400 g/mol. The number of benzene rings is 1. The topological polar surface area (TPSA) is 121 Å². The highest BCUT2D eigenvalue weighted by Gasteiger charge is 2.26. The Balaban J connectivity index is 1.59. The number of amides is 2. The van der Waals surface area contributed by atoms with E-state index in [9.17, 15) is 13.8 Å². The maximum absolute atomic E-state index is 12.8. The van der Waals surface area contributed by atoms with Crippen LogP contribution in [0.25, 0.3) is 0 Å². The van der Waals surface area contributed by atoms with E-state index in [1.165, 1.54) is 30.3 Å². The van der Waals surface area contributed by atoms with Crippen LogP contribution in [0.1, 0.15) is 10.4 Å². The highest BCUT2D eigenvalue weighted by molar-refractivity contribution is 7.80. The maximum Gasteiger partial charge on any atom is 0.416 e. The summed E-state index contributed by atoms with van der Waals surface area (Å²) < 4.78 is 32.6. The van der Waals surface area contributed by atoms with E-state index in [2.05, 4.69) is 9.71 Å². The summed E-state index contributed by atoms with van der Waals surface area (Å²) >= 11 is -2.25. The molecule has 1 aliphatic heterocycles. The van der Waals surface area contributed by atoms with Crippen molar-refractivity contribution in [1.29, 1.82) is 0 Å². The van der Waals surface area contributed by atoms with Gasteiger partial charge in [0.2, 0.25) is 5.88 Å². The number of aromatic nitrogens is 1. The molecule has 1 atom stereocenters.